The molecule has 1 aromatic heterocycles. The van der Waals surface area contributed by atoms with Crippen LogP contribution < -0.4 is 5.32 Å². The van der Waals surface area contributed by atoms with Crippen LogP contribution in [0.25, 0.3) is 0 Å². The second-order valence-electron chi connectivity index (χ2n) is 4.28. The van der Waals surface area contributed by atoms with Crippen LogP contribution in [0.5, 0.6) is 0 Å². The molecule has 0 bridgehead atoms. The first kappa shape index (κ1) is 10.0. The summed E-state index contributed by atoms with van der Waals surface area (Å²) in [5.74, 6) is 0.799. The van der Waals surface area contributed by atoms with Gasteiger partial charge in [0.25, 0.3) is 0 Å². The van der Waals surface area contributed by atoms with Crippen molar-refractivity contribution in [3.63, 3.8) is 0 Å². The number of hydrogen-bond donors (Lipinski definition) is 2. The number of carbonyl (C=O) groups is 1. The molecular weight excluding hydrogens is 194 g/mol. The second-order valence-corrected chi connectivity index (χ2v) is 4.28. The Hall–Kier alpha value is -1.52. The standard InChI is InChI=1S/C10H15N3O2/c1-6(2)7-3-11-9-8(10(14)15)4-12-13(9)5-7/h4,6-7,11H,3,5H2,1-2H3,(H,14,15). The SMILES string of the molecule is CC(C)C1CNc2c(C(=O)O)cnn2C1. The van der Waals surface area contributed by atoms with E-state index in [9.17, 15) is 4.79 Å². The van der Waals surface area contributed by atoms with Gasteiger partial charge in [-0.05, 0) is 11.8 Å². The summed E-state index contributed by atoms with van der Waals surface area (Å²) in [6, 6.07) is 0. The number of carboxylic acids is 1. The maximum atomic E-state index is 10.9. The van der Waals surface area contributed by atoms with Crippen LogP contribution in [0.4, 0.5) is 5.82 Å². The van der Waals surface area contributed by atoms with E-state index >= 15 is 0 Å². The molecule has 15 heavy (non-hydrogen) atoms. The zero-order chi connectivity index (χ0) is 11.0. The molecule has 0 fully saturated rings. The predicted molar refractivity (Wildman–Crippen MR) is 56.0 cm³/mol. The van der Waals surface area contributed by atoms with Gasteiger partial charge in [0, 0.05) is 13.1 Å². The lowest BCUT2D eigenvalue weighted by atomic mass is 9.94. The first-order valence-electron chi connectivity index (χ1n) is 5.12. The topological polar surface area (TPSA) is 67.2 Å². The minimum atomic E-state index is -0.924. The van der Waals surface area contributed by atoms with E-state index < -0.39 is 5.97 Å². The van der Waals surface area contributed by atoms with Crippen molar-refractivity contribution in [1.82, 2.24) is 9.78 Å². The summed E-state index contributed by atoms with van der Waals surface area (Å²) in [5.41, 5.74) is 0.261. The van der Waals surface area contributed by atoms with Gasteiger partial charge in [-0.3, -0.25) is 0 Å². The lowest BCUT2D eigenvalue weighted by molar-refractivity contribution is 0.0697. The number of aromatic carboxylic acids is 1. The number of rotatable bonds is 2. The monoisotopic (exact) mass is 209 g/mol. The van der Waals surface area contributed by atoms with E-state index in [2.05, 4.69) is 24.3 Å². The normalized spacial score (nSPS) is 19.8. The van der Waals surface area contributed by atoms with E-state index in [1.54, 1.807) is 4.68 Å². The van der Waals surface area contributed by atoms with Crippen molar-refractivity contribution in [3.8, 4) is 0 Å². The Kier molecular flexibility index (Phi) is 2.38. The number of nitrogens with zero attached hydrogens (tertiary/aromatic N) is 2. The first-order chi connectivity index (χ1) is 7.09. The van der Waals surface area contributed by atoms with Crippen LogP contribution in [-0.4, -0.2) is 27.4 Å². The number of carboxylic acid groups (broad SMARTS) is 1. The number of hydrogen-bond acceptors (Lipinski definition) is 3. The van der Waals surface area contributed by atoms with E-state index in [0.29, 0.717) is 17.7 Å². The van der Waals surface area contributed by atoms with Gasteiger partial charge >= 0.3 is 5.97 Å². The highest BCUT2D eigenvalue weighted by Crippen LogP contribution is 2.25. The molecule has 0 aliphatic carbocycles. The third-order valence-corrected chi connectivity index (χ3v) is 2.95. The molecule has 0 radical (unpaired) electrons. The molecule has 0 spiro atoms. The number of anilines is 1. The maximum Gasteiger partial charge on any atom is 0.341 e. The van der Waals surface area contributed by atoms with Crippen molar-refractivity contribution in [3.05, 3.63) is 11.8 Å². The molecule has 5 nitrogen and oxygen atoms in total. The van der Waals surface area contributed by atoms with Crippen molar-refractivity contribution < 1.29 is 9.90 Å². The highest BCUT2D eigenvalue weighted by molar-refractivity contribution is 5.93. The zero-order valence-electron chi connectivity index (χ0n) is 8.90. The van der Waals surface area contributed by atoms with Crippen molar-refractivity contribution in [1.29, 1.82) is 0 Å². The Morgan fingerprint density at radius 2 is 2.47 bits per heavy atom. The highest BCUT2D eigenvalue weighted by Gasteiger charge is 2.25. The van der Waals surface area contributed by atoms with E-state index in [4.69, 9.17) is 5.11 Å². The average Bonchev–Trinajstić information content (AvgIpc) is 2.59. The fourth-order valence-corrected chi connectivity index (χ4v) is 1.83. The largest absolute Gasteiger partial charge is 0.477 e. The summed E-state index contributed by atoms with van der Waals surface area (Å²) in [6.07, 6.45) is 1.41. The van der Waals surface area contributed by atoms with Gasteiger partial charge in [0.2, 0.25) is 0 Å². The molecule has 2 N–H and O–H groups in total. The van der Waals surface area contributed by atoms with E-state index in [0.717, 1.165) is 13.1 Å². The molecule has 1 aliphatic heterocycles. The summed E-state index contributed by atoms with van der Waals surface area (Å²) in [6.45, 7) is 5.95. The Morgan fingerprint density at radius 3 is 3.07 bits per heavy atom. The zero-order valence-corrected chi connectivity index (χ0v) is 8.90. The van der Waals surface area contributed by atoms with Crippen LogP contribution in [0.1, 0.15) is 24.2 Å². The van der Waals surface area contributed by atoms with Gasteiger partial charge in [0.1, 0.15) is 11.4 Å². The van der Waals surface area contributed by atoms with Gasteiger partial charge in [-0.1, -0.05) is 13.8 Å². The molecular formula is C10H15N3O2. The second kappa shape index (κ2) is 3.56. The third-order valence-electron chi connectivity index (χ3n) is 2.95. The van der Waals surface area contributed by atoms with Crippen LogP contribution in [0, 0.1) is 11.8 Å². The lowest BCUT2D eigenvalue weighted by Gasteiger charge is -2.27. The highest BCUT2D eigenvalue weighted by atomic mass is 16.4. The molecule has 1 aromatic rings. The summed E-state index contributed by atoms with van der Waals surface area (Å²) in [5, 5.41) is 16.1. The van der Waals surface area contributed by atoms with Crippen molar-refractivity contribution in [2.24, 2.45) is 11.8 Å². The maximum absolute atomic E-state index is 10.9. The molecule has 0 amide bonds. The van der Waals surface area contributed by atoms with Gasteiger partial charge in [0.15, 0.2) is 0 Å². The summed E-state index contributed by atoms with van der Waals surface area (Å²) < 4.78 is 1.75. The third kappa shape index (κ3) is 1.69. The molecule has 2 heterocycles. The van der Waals surface area contributed by atoms with Crippen molar-refractivity contribution in [2.75, 3.05) is 11.9 Å². The Labute approximate surface area is 88.1 Å². The summed E-state index contributed by atoms with van der Waals surface area (Å²) >= 11 is 0. The minimum absolute atomic E-state index is 0.261. The van der Waals surface area contributed by atoms with Crippen LogP contribution in [-0.2, 0) is 6.54 Å². The van der Waals surface area contributed by atoms with Gasteiger partial charge in [-0.15, -0.1) is 0 Å². The number of aromatic nitrogens is 2. The molecule has 1 atom stereocenters. The molecule has 1 aliphatic rings. The average molecular weight is 209 g/mol. The van der Waals surface area contributed by atoms with Gasteiger partial charge in [0.05, 0.1) is 6.20 Å². The quantitative estimate of drug-likeness (QED) is 0.770. The van der Waals surface area contributed by atoms with Crippen molar-refractivity contribution in [2.45, 2.75) is 20.4 Å². The fraction of sp³-hybridized carbons (Fsp3) is 0.600. The van der Waals surface area contributed by atoms with Gasteiger partial charge in [-0.2, -0.15) is 5.10 Å². The number of nitrogens with one attached hydrogen (secondary N) is 1. The van der Waals surface area contributed by atoms with Crippen LogP contribution in [0.3, 0.4) is 0 Å². The van der Waals surface area contributed by atoms with Crippen LogP contribution >= 0.6 is 0 Å². The molecule has 0 saturated heterocycles. The van der Waals surface area contributed by atoms with Gasteiger partial charge in [-0.25, -0.2) is 9.48 Å². The summed E-state index contributed by atoms with van der Waals surface area (Å²) in [7, 11) is 0. The first-order valence-corrected chi connectivity index (χ1v) is 5.12. The molecule has 0 aromatic carbocycles. The lowest BCUT2D eigenvalue weighted by Crippen LogP contribution is -2.31. The molecule has 5 heteroatoms. The van der Waals surface area contributed by atoms with E-state index in [1.165, 1.54) is 6.20 Å². The Bertz CT molecular complexity index is 384. The molecule has 82 valence electrons. The summed E-state index contributed by atoms with van der Waals surface area (Å²) in [4.78, 5) is 10.9. The molecule has 0 saturated carbocycles. The Morgan fingerprint density at radius 1 is 1.73 bits per heavy atom. The smallest absolute Gasteiger partial charge is 0.341 e. The molecule has 2 rings (SSSR count). The predicted octanol–water partition coefficient (Wildman–Crippen LogP) is 1.28. The Balaban J connectivity index is 2.26. The number of fused-ring (bicyclic) bond motifs is 1. The van der Waals surface area contributed by atoms with Gasteiger partial charge < -0.3 is 10.4 Å². The van der Waals surface area contributed by atoms with Crippen LogP contribution in [0.2, 0.25) is 0 Å². The van der Waals surface area contributed by atoms with E-state index in [-0.39, 0.29) is 5.56 Å². The van der Waals surface area contributed by atoms with E-state index in [1.807, 2.05) is 0 Å². The minimum Gasteiger partial charge on any atom is -0.477 e. The van der Waals surface area contributed by atoms with Crippen molar-refractivity contribution >= 4 is 11.8 Å². The molecule has 1 unspecified atom stereocenters. The fourth-order valence-electron chi connectivity index (χ4n) is 1.83. The van der Waals surface area contributed by atoms with Crippen LogP contribution in [0.15, 0.2) is 6.20 Å².